The van der Waals surface area contributed by atoms with Crippen LogP contribution in [0.1, 0.15) is 0 Å². The van der Waals surface area contributed by atoms with E-state index in [1.54, 1.807) is 0 Å². The van der Waals surface area contributed by atoms with E-state index in [9.17, 15) is 0 Å². The molecular weight excluding hydrogens is 314 g/mol. The molecule has 1 fully saturated rings. The van der Waals surface area contributed by atoms with Crippen LogP contribution in [0.15, 0.2) is 66.9 Å². The Bertz CT molecular complexity index is 733. The van der Waals surface area contributed by atoms with E-state index < -0.39 is 0 Å². The molecule has 122 valence electrons. The molecule has 2 aromatic carbocycles. The van der Waals surface area contributed by atoms with Gasteiger partial charge in [-0.25, -0.2) is 0 Å². The Morgan fingerprint density at radius 1 is 0.792 bits per heavy atom. The Kier molecular flexibility index (Phi) is 4.32. The minimum absolute atomic E-state index is 1.07. The molecule has 2 heterocycles. The highest BCUT2D eigenvalue weighted by molar-refractivity contribution is 7.06. The first-order valence-electron chi connectivity index (χ1n) is 8.42. The molecule has 0 N–H and O–H groups in total. The topological polar surface area (TPSA) is 10.4 Å². The summed E-state index contributed by atoms with van der Waals surface area (Å²) in [5, 5.41) is 2.45. The van der Waals surface area contributed by atoms with E-state index in [0.29, 0.717) is 0 Å². The van der Waals surface area contributed by atoms with Crippen molar-refractivity contribution in [3.05, 3.63) is 66.9 Å². The Hall–Kier alpha value is -2.17. The van der Waals surface area contributed by atoms with Gasteiger partial charge >= 0.3 is 0 Å². The first-order valence-corrected chi connectivity index (χ1v) is 9.19. The number of piperazine rings is 1. The number of benzene rings is 2. The van der Waals surface area contributed by atoms with Crippen LogP contribution in [-0.2, 0) is 0 Å². The number of rotatable bonds is 3. The molecule has 1 aromatic heterocycles. The highest BCUT2D eigenvalue weighted by Gasteiger charge is 2.26. The van der Waals surface area contributed by atoms with Crippen LogP contribution in [0.4, 0.5) is 0 Å². The van der Waals surface area contributed by atoms with E-state index in [1.165, 1.54) is 21.6 Å². The molecule has 3 nitrogen and oxygen atoms in total. The third-order valence-electron chi connectivity index (χ3n) is 4.55. The zero-order valence-corrected chi connectivity index (χ0v) is 14.7. The van der Waals surface area contributed by atoms with Crippen molar-refractivity contribution < 1.29 is 4.07 Å². The fourth-order valence-electron chi connectivity index (χ4n) is 3.09. The minimum atomic E-state index is 1.07. The first kappa shape index (κ1) is 15.4. The van der Waals surface area contributed by atoms with Gasteiger partial charge in [-0.1, -0.05) is 60.7 Å². The molecule has 0 atom stereocenters. The number of hydrogen-bond acceptors (Lipinski definition) is 3. The van der Waals surface area contributed by atoms with Crippen LogP contribution in [-0.4, -0.2) is 38.1 Å². The lowest BCUT2D eigenvalue weighted by Gasteiger charge is -2.27. The van der Waals surface area contributed by atoms with E-state index in [4.69, 9.17) is 0 Å². The van der Waals surface area contributed by atoms with Crippen LogP contribution in [0.2, 0.25) is 0 Å². The van der Waals surface area contributed by atoms with Crippen LogP contribution in [0.25, 0.3) is 21.6 Å². The smallest absolute Gasteiger partial charge is 0.225 e. The molecule has 1 saturated heterocycles. The Labute approximate surface area is 147 Å². The second-order valence-electron chi connectivity index (χ2n) is 6.25. The molecule has 0 saturated carbocycles. The summed E-state index contributed by atoms with van der Waals surface area (Å²) in [6, 6.07) is 21.4. The van der Waals surface area contributed by atoms with E-state index in [0.717, 1.165) is 26.2 Å². The second-order valence-corrected chi connectivity index (χ2v) is 7.22. The van der Waals surface area contributed by atoms with Gasteiger partial charge in [0.05, 0.1) is 18.7 Å². The van der Waals surface area contributed by atoms with E-state index in [1.807, 2.05) is 11.5 Å². The third kappa shape index (κ3) is 3.07. The Balaban J connectivity index is 1.76. The maximum absolute atomic E-state index is 2.45. The average molecular weight is 336 g/mol. The van der Waals surface area contributed by atoms with E-state index in [-0.39, 0.29) is 0 Å². The zero-order valence-electron chi connectivity index (χ0n) is 13.9. The molecule has 0 aliphatic carbocycles. The van der Waals surface area contributed by atoms with Crippen LogP contribution >= 0.6 is 11.5 Å². The number of hydrogen-bond donors (Lipinski definition) is 0. The highest BCUT2D eigenvalue weighted by Crippen LogP contribution is 2.34. The molecule has 1 aliphatic rings. The summed E-state index contributed by atoms with van der Waals surface area (Å²) in [6.45, 7) is 4.38. The molecule has 4 heteroatoms. The van der Waals surface area contributed by atoms with Gasteiger partial charge in [0.2, 0.25) is 6.20 Å². The lowest BCUT2D eigenvalue weighted by atomic mass is 10.0. The number of aromatic nitrogens is 1. The molecule has 4 rings (SSSR count). The molecule has 0 radical (unpaired) electrons. The van der Waals surface area contributed by atoms with Crippen molar-refractivity contribution in [2.75, 3.05) is 38.2 Å². The van der Waals surface area contributed by atoms with E-state index in [2.05, 4.69) is 87.9 Å². The lowest BCUT2D eigenvalue weighted by Crippen LogP contribution is -2.62. The van der Waals surface area contributed by atoms with Crippen molar-refractivity contribution in [2.24, 2.45) is 0 Å². The maximum Gasteiger partial charge on any atom is 0.225 e. The van der Waals surface area contributed by atoms with Gasteiger partial charge in [-0.3, -0.25) is 0 Å². The second kappa shape index (κ2) is 6.75. The van der Waals surface area contributed by atoms with Crippen LogP contribution in [0, 0.1) is 0 Å². The van der Waals surface area contributed by atoms with Gasteiger partial charge in [0, 0.05) is 13.1 Å². The predicted molar refractivity (Wildman–Crippen MR) is 101 cm³/mol. The van der Waals surface area contributed by atoms with Crippen molar-refractivity contribution in [3.63, 3.8) is 0 Å². The molecule has 1 aliphatic heterocycles. The van der Waals surface area contributed by atoms with Crippen molar-refractivity contribution in [1.82, 2.24) is 4.90 Å². The molecule has 0 spiro atoms. The third-order valence-corrected chi connectivity index (χ3v) is 5.71. The molecule has 3 aromatic rings. The largest absolute Gasteiger partial charge is 0.302 e. The predicted octanol–water partition coefficient (Wildman–Crippen LogP) is 3.25. The molecule has 24 heavy (non-hydrogen) atoms. The summed E-state index contributed by atoms with van der Waals surface area (Å²) in [5.74, 6) is 0. The van der Waals surface area contributed by atoms with Crippen molar-refractivity contribution in [1.29, 1.82) is 0 Å². The highest BCUT2D eigenvalue weighted by atomic mass is 32.1. The summed E-state index contributed by atoms with van der Waals surface area (Å²) in [6.07, 6.45) is 2.30. The van der Waals surface area contributed by atoms with Crippen LogP contribution in [0.3, 0.4) is 0 Å². The van der Waals surface area contributed by atoms with Crippen LogP contribution < -0.4 is 9.07 Å². The summed E-state index contributed by atoms with van der Waals surface area (Å²) in [5.41, 5.74) is 3.88. The summed E-state index contributed by atoms with van der Waals surface area (Å²) in [4.78, 5) is 3.72. The van der Waals surface area contributed by atoms with Gasteiger partial charge in [0.15, 0.2) is 11.5 Å². The average Bonchev–Trinajstić information content (AvgIpc) is 3.09. The van der Waals surface area contributed by atoms with Gasteiger partial charge in [-0.2, -0.15) is 5.01 Å². The number of nitrogens with zero attached hydrogens (tertiary/aromatic N) is 3. The van der Waals surface area contributed by atoms with Crippen molar-refractivity contribution in [2.45, 2.75) is 0 Å². The lowest BCUT2D eigenvalue weighted by molar-refractivity contribution is -0.626. The normalized spacial score (nSPS) is 15.6. The molecule has 0 amide bonds. The van der Waals surface area contributed by atoms with E-state index >= 15 is 0 Å². The van der Waals surface area contributed by atoms with Gasteiger partial charge < -0.3 is 4.90 Å². The fraction of sp³-hybridized carbons (Fsp3) is 0.250. The molecule has 0 bridgehead atoms. The molecule has 0 unspecified atom stereocenters. The van der Waals surface area contributed by atoms with Gasteiger partial charge in [-0.05, 0) is 22.2 Å². The van der Waals surface area contributed by atoms with Gasteiger partial charge in [-0.15, -0.1) is 0 Å². The first-order chi connectivity index (χ1) is 11.8. The monoisotopic (exact) mass is 336 g/mol. The zero-order chi connectivity index (χ0) is 16.4. The van der Waals surface area contributed by atoms with Crippen LogP contribution in [0.5, 0.6) is 0 Å². The number of likely N-dealkylation sites (N-methyl/N-ethyl adjacent to an activating group) is 1. The van der Waals surface area contributed by atoms with Gasteiger partial charge in [0.1, 0.15) is 4.88 Å². The van der Waals surface area contributed by atoms with Gasteiger partial charge in [0.25, 0.3) is 0 Å². The Morgan fingerprint density at radius 3 is 2.00 bits per heavy atom. The minimum Gasteiger partial charge on any atom is -0.302 e. The molecular formula is C20H22N3S+. The Morgan fingerprint density at radius 2 is 1.38 bits per heavy atom. The quantitative estimate of drug-likeness (QED) is 0.680. The summed E-state index contributed by atoms with van der Waals surface area (Å²) < 4.78 is 2.33. The van der Waals surface area contributed by atoms with Crippen molar-refractivity contribution >= 4 is 11.5 Å². The standard InChI is InChI=1S/C20H22N3S/c1-21-12-14-22(15-13-21)23-16-19(17-8-4-2-5-9-17)20(24-23)18-10-6-3-7-11-18/h2-11,16H,12-15H2,1H3/q+1. The SMILES string of the molecule is CN1CCN([n+]2cc(-c3ccccc3)c(-c3ccccc3)s2)CC1. The summed E-state index contributed by atoms with van der Waals surface area (Å²) >= 11 is 1.84. The maximum atomic E-state index is 2.45. The summed E-state index contributed by atoms with van der Waals surface area (Å²) in [7, 11) is 2.20. The fourth-order valence-corrected chi connectivity index (χ4v) is 4.23. The van der Waals surface area contributed by atoms with Crippen molar-refractivity contribution in [3.8, 4) is 21.6 Å².